The van der Waals surface area contributed by atoms with Gasteiger partial charge in [0.1, 0.15) is 0 Å². The quantitative estimate of drug-likeness (QED) is 0.235. The van der Waals surface area contributed by atoms with E-state index in [1.807, 2.05) is 0 Å². The van der Waals surface area contributed by atoms with Crippen LogP contribution in [0.5, 0.6) is 0 Å². The smallest absolute Gasteiger partial charge is 0.435 e. The molecule has 41 valence electrons. The largest absolute Gasteiger partial charge is 0.473 e. The molecule has 0 unspecified atom stereocenters. The van der Waals surface area contributed by atoms with Gasteiger partial charge < -0.3 is 9.94 Å². The summed E-state index contributed by atoms with van der Waals surface area (Å²) in [4.78, 5) is 22.2. The second-order valence-electron chi connectivity index (χ2n) is 0.710. The van der Waals surface area contributed by atoms with Crippen LogP contribution in [0, 0.1) is 0 Å². The molecule has 6 heteroatoms. The summed E-state index contributed by atoms with van der Waals surface area (Å²) >= 11 is 0. The molecule has 0 bridgehead atoms. The molecule has 0 aliphatic rings. The van der Waals surface area contributed by atoms with Crippen LogP contribution in [0.1, 0.15) is 0 Å². The van der Waals surface area contributed by atoms with Crippen molar-refractivity contribution in [3.63, 3.8) is 0 Å². The van der Waals surface area contributed by atoms with Crippen LogP contribution in [-0.4, -0.2) is 68.4 Å². The van der Waals surface area contributed by atoms with Crippen molar-refractivity contribution in [2.24, 2.45) is 5.90 Å². The average molecular weight is 144 g/mol. The fourth-order valence-corrected chi connectivity index (χ4v) is 0.0504. The third-order valence-electron chi connectivity index (χ3n) is 0.282. The Labute approximate surface area is 87.6 Å². The zero-order chi connectivity index (χ0) is 5.86. The van der Waals surface area contributed by atoms with E-state index in [0.717, 1.165) is 0 Å². The van der Waals surface area contributed by atoms with E-state index in [4.69, 9.17) is 5.11 Å². The number of hydrogen-bond donors (Lipinski definition) is 2. The molecule has 0 saturated carbocycles. The second-order valence-corrected chi connectivity index (χ2v) is 0.710. The molecule has 0 amide bonds. The number of carbonyl (C=O) groups is 2. The van der Waals surface area contributed by atoms with E-state index in [0.29, 0.717) is 0 Å². The fraction of sp³-hybridized carbons (Fsp3) is 0. The van der Waals surface area contributed by atoms with Crippen molar-refractivity contribution in [1.82, 2.24) is 0 Å². The van der Waals surface area contributed by atoms with Gasteiger partial charge in [-0.05, 0) is 0 Å². The van der Waals surface area contributed by atoms with Gasteiger partial charge in [0.2, 0.25) is 0 Å². The molecule has 0 aromatic heterocycles. The standard InChI is InChI=1S/C2H3NO4.K/c3-7-2(6)1(4)5;/h3H2,(H,4,5);. The summed E-state index contributed by atoms with van der Waals surface area (Å²) < 4.78 is 0. The monoisotopic (exact) mass is 144 g/mol. The fourth-order valence-electron chi connectivity index (χ4n) is 0.0504. The maximum absolute atomic E-state index is 9.56. The van der Waals surface area contributed by atoms with Gasteiger partial charge in [-0.15, -0.1) is 0 Å². The summed E-state index contributed by atoms with van der Waals surface area (Å²) in [5.74, 6) is 0.992. The molecule has 0 spiro atoms. The van der Waals surface area contributed by atoms with Gasteiger partial charge in [-0.2, -0.15) is 5.90 Å². The van der Waals surface area contributed by atoms with Gasteiger partial charge in [-0.25, -0.2) is 9.59 Å². The van der Waals surface area contributed by atoms with Crippen molar-refractivity contribution in [2.45, 2.75) is 0 Å². The zero-order valence-electron chi connectivity index (χ0n) is 4.25. The molecular weight excluding hydrogens is 141 g/mol. The van der Waals surface area contributed by atoms with Crippen molar-refractivity contribution in [2.75, 3.05) is 0 Å². The third kappa shape index (κ3) is 4.69. The molecule has 0 aliphatic heterocycles. The molecule has 5 nitrogen and oxygen atoms in total. The number of carbonyl (C=O) groups excluding carboxylic acids is 1. The van der Waals surface area contributed by atoms with Gasteiger partial charge in [0.05, 0.1) is 0 Å². The van der Waals surface area contributed by atoms with Gasteiger partial charge in [0.25, 0.3) is 0 Å². The summed E-state index contributed by atoms with van der Waals surface area (Å²) in [7, 11) is 0. The second kappa shape index (κ2) is 5.67. The number of carboxylic acids is 1. The van der Waals surface area contributed by atoms with Crippen LogP contribution in [-0.2, 0) is 14.4 Å². The SMILES string of the molecule is NOC(=O)C(=O)O.[K]. The maximum Gasteiger partial charge on any atom is 0.435 e. The molecule has 0 aromatic rings. The Morgan fingerprint density at radius 2 is 1.88 bits per heavy atom. The minimum atomic E-state index is -1.69. The van der Waals surface area contributed by atoms with E-state index in [1.54, 1.807) is 0 Å². The summed E-state index contributed by atoms with van der Waals surface area (Å²) in [5, 5.41) is 7.63. The van der Waals surface area contributed by atoms with Crippen molar-refractivity contribution < 1.29 is 19.5 Å². The summed E-state index contributed by atoms with van der Waals surface area (Å²) in [6.45, 7) is 0. The Morgan fingerprint density at radius 1 is 1.50 bits per heavy atom. The van der Waals surface area contributed by atoms with E-state index >= 15 is 0 Å². The van der Waals surface area contributed by atoms with Crippen LogP contribution in [0.4, 0.5) is 0 Å². The Morgan fingerprint density at radius 3 is 1.88 bits per heavy atom. The number of carboxylic acid groups (broad SMARTS) is 1. The van der Waals surface area contributed by atoms with E-state index in [2.05, 4.69) is 10.7 Å². The number of rotatable bonds is 0. The summed E-state index contributed by atoms with van der Waals surface area (Å²) in [6, 6.07) is 0. The van der Waals surface area contributed by atoms with Crippen LogP contribution in [0.15, 0.2) is 0 Å². The molecule has 0 aliphatic carbocycles. The predicted molar refractivity (Wildman–Crippen MR) is 23.7 cm³/mol. The van der Waals surface area contributed by atoms with Gasteiger partial charge in [-0.3, -0.25) is 0 Å². The van der Waals surface area contributed by atoms with Crippen molar-refractivity contribution >= 4 is 63.3 Å². The van der Waals surface area contributed by atoms with Crippen LogP contribution in [0.25, 0.3) is 0 Å². The molecule has 0 heterocycles. The summed E-state index contributed by atoms with van der Waals surface area (Å²) in [6.07, 6.45) is 0. The zero-order valence-corrected chi connectivity index (χ0v) is 7.37. The molecule has 8 heavy (non-hydrogen) atoms. The average Bonchev–Trinajstić information content (AvgIpc) is 1.65. The number of nitrogens with two attached hydrogens (primary N) is 1. The van der Waals surface area contributed by atoms with Crippen molar-refractivity contribution in [1.29, 1.82) is 0 Å². The first-order valence-electron chi connectivity index (χ1n) is 1.32. The molecule has 0 fully saturated rings. The summed E-state index contributed by atoms with van der Waals surface area (Å²) in [5.41, 5.74) is 0. The van der Waals surface area contributed by atoms with E-state index in [1.165, 1.54) is 0 Å². The van der Waals surface area contributed by atoms with Gasteiger partial charge >= 0.3 is 11.9 Å². The first-order chi connectivity index (χ1) is 3.18. The first-order valence-corrected chi connectivity index (χ1v) is 1.32. The predicted octanol–water partition coefficient (Wildman–Crippen LogP) is -1.89. The Balaban J connectivity index is 0. The maximum atomic E-state index is 9.56. The Bertz CT molecular complexity index is 102. The van der Waals surface area contributed by atoms with Crippen LogP contribution in [0.2, 0.25) is 0 Å². The molecule has 0 rings (SSSR count). The third-order valence-corrected chi connectivity index (χ3v) is 0.282. The first kappa shape index (κ1) is 11.3. The van der Waals surface area contributed by atoms with Crippen molar-refractivity contribution in [3.05, 3.63) is 0 Å². The molecule has 3 N–H and O–H groups in total. The van der Waals surface area contributed by atoms with Crippen LogP contribution < -0.4 is 5.90 Å². The van der Waals surface area contributed by atoms with Gasteiger partial charge in [0.15, 0.2) is 0 Å². The van der Waals surface area contributed by atoms with E-state index < -0.39 is 11.9 Å². The molecular formula is C2H3KNO4. The van der Waals surface area contributed by atoms with E-state index in [-0.39, 0.29) is 51.4 Å². The van der Waals surface area contributed by atoms with Gasteiger partial charge in [0, 0.05) is 51.4 Å². The topological polar surface area (TPSA) is 89.6 Å². The van der Waals surface area contributed by atoms with Crippen molar-refractivity contribution in [3.8, 4) is 0 Å². The molecule has 0 aromatic carbocycles. The molecule has 0 saturated heterocycles. The number of hydrogen-bond acceptors (Lipinski definition) is 4. The minimum Gasteiger partial charge on any atom is -0.473 e. The van der Waals surface area contributed by atoms with E-state index in [9.17, 15) is 9.59 Å². The molecule has 1 radical (unpaired) electrons. The van der Waals surface area contributed by atoms with Gasteiger partial charge in [-0.1, -0.05) is 0 Å². The van der Waals surface area contributed by atoms with Crippen LogP contribution in [0.3, 0.4) is 0 Å². The minimum absolute atomic E-state index is 0. The Kier molecular flexibility index (Phi) is 8.04. The number of aliphatic carboxylic acids is 1. The molecule has 0 atom stereocenters. The Hall–Kier alpha value is 0.536. The normalized spacial score (nSPS) is 6.62. The van der Waals surface area contributed by atoms with Crippen LogP contribution >= 0.6 is 0 Å².